The Hall–Kier alpha value is -4.27. The highest BCUT2D eigenvalue weighted by Crippen LogP contribution is 2.36. The number of hydrogen-bond acceptors (Lipinski definition) is 8. The van der Waals surface area contributed by atoms with Crippen molar-refractivity contribution < 1.29 is 14.6 Å². The molecular formula is C30H34N6O3. The predicted octanol–water partition coefficient (Wildman–Crippen LogP) is 3.38. The van der Waals surface area contributed by atoms with Gasteiger partial charge in [0.1, 0.15) is 18.2 Å². The lowest BCUT2D eigenvalue weighted by Crippen LogP contribution is -2.49. The molecule has 4 heterocycles. The fraction of sp³-hybridized carbons (Fsp3) is 0.367. The lowest BCUT2D eigenvalue weighted by molar-refractivity contribution is -0.126. The van der Waals surface area contributed by atoms with Crippen molar-refractivity contribution >= 4 is 28.2 Å². The number of phenolic OH excluding ortho intramolecular Hbond substituents is 1. The first-order chi connectivity index (χ1) is 19.0. The highest BCUT2D eigenvalue weighted by molar-refractivity contribution is 5.95. The summed E-state index contributed by atoms with van der Waals surface area (Å²) in [7, 11) is 0. The Morgan fingerprint density at radius 1 is 1.10 bits per heavy atom. The number of aromatic hydroxyl groups is 1. The van der Waals surface area contributed by atoms with Crippen LogP contribution in [0.4, 0.5) is 11.5 Å². The van der Waals surface area contributed by atoms with Crippen molar-refractivity contribution in [2.24, 2.45) is 0 Å². The van der Waals surface area contributed by atoms with Gasteiger partial charge >= 0.3 is 6.01 Å². The molecule has 1 amide bonds. The maximum absolute atomic E-state index is 12.1. The van der Waals surface area contributed by atoms with E-state index in [1.54, 1.807) is 6.07 Å². The average Bonchev–Trinajstić information content (AvgIpc) is 3.39. The molecule has 0 bridgehead atoms. The standard InChI is InChI=1S/C30H34N6O3/c1-3-28(38)34-12-14-35(15-13-34)29-25-10-11-36(27-17-23(37)16-21-6-4-5-7-24(21)27)18-26(25)32-30(33-29)39-19-22-9-8-20(2)31-22/h3-7,16-17,22,31,37H,1-2,8-15,18-19H2/t22-/m0/s1. The minimum absolute atomic E-state index is 0.0389. The summed E-state index contributed by atoms with van der Waals surface area (Å²) < 4.78 is 6.15. The van der Waals surface area contributed by atoms with Crippen LogP contribution in [-0.4, -0.2) is 71.3 Å². The van der Waals surface area contributed by atoms with Crippen LogP contribution in [0.5, 0.6) is 11.8 Å². The summed E-state index contributed by atoms with van der Waals surface area (Å²) in [6, 6.07) is 12.3. The fourth-order valence-corrected chi connectivity index (χ4v) is 5.81. The van der Waals surface area contributed by atoms with Gasteiger partial charge in [-0.25, -0.2) is 0 Å². The molecule has 2 N–H and O–H groups in total. The minimum Gasteiger partial charge on any atom is -0.508 e. The number of allylic oxidation sites excluding steroid dienone is 1. The zero-order chi connectivity index (χ0) is 26.9. The number of nitrogens with zero attached hydrogens (tertiary/aromatic N) is 5. The van der Waals surface area contributed by atoms with E-state index < -0.39 is 0 Å². The van der Waals surface area contributed by atoms with E-state index in [2.05, 4.69) is 34.3 Å². The van der Waals surface area contributed by atoms with E-state index in [1.165, 1.54) is 6.08 Å². The number of piperazine rings is 1. The van der Waals surface area contributed by atoms with Gasteiger partial charge in [0.2, 0.25) is 5.91 Å². The monoisotopic (exact) mass is 526 g/mol. The van der Waals surface area contributed by atoms with E-state index in [4.69, 9.17) is 14.7 Å². The summed E-state index contributed by atoms with van der Waals surface area (Å²) in [5, 5.41) is 15.9. The van der Waals surface area contributed by atoms with Crippen LogP contribution < -0.4 is 19.9 Å². The summed E-state index contributed by atoms with van der Waals surface area (Å²) in [4.78, 5) is 28.3. The molecule has 9 heteroatoms. The maximum atomic E-state index is 12.1. The van der Waals surface area contributed by atoms with Crippen molar-refractivity contribution in [2.45, 2.75) is 31.8 Å². The number of phenols is 1. The number of aromatic nitrogens is 2. The molecule has 3 aliphatic heterocycles. The Labute approximate surface area is 228 Å². The van der Waals surface area contributed by atoms with E-state index in [-0.39, 0.29) is 17.7 Å². The van der Waals surface area contributed by atoms with Crippen LogP contribution >= 0.6 is 0 Å². The SMILES string of the molecule is C=CC(=O)N1CCN(c2nc(OC[C@@H]3CCC(=C)N3)nc3c2CCN(c2cc(O)cc4ccccc24)C3)CC1. The van der Waals surface area contributed by atoms with Gasteiger partial charge in [-0.2, -0.15) is 9.97 Å². The van der Waals surface area contributed by atoms with Crippen LogP contribution in [0.2, 0.25) is 0 Å². The molecule has 0 saturated carbocycles. The topological polar surface area (TPSA) is 94.1 Å². The van der Waals surface area contributed by atoms with Crippen LogP contribution in [0, 0.1) is 0 Å². The highest BCUT2D eigenvalue weighted by Gasteiger charge is 2.29. The Kier molecular flexibility index (Phi) is 6.72. The number of carbonyl (C=O) groups is 1. The summed E-state index contributed by atoms with van der Waals surface area (Å²) in [6.07, 6.45) is 4.07. The number of fused-ring (bicyclic) bond motifs is 2. The molecule has 6 rings (SSSR count). The van der Waals surface area contributed by atoms with Gasteiger partial charge in [-0.1, -0.05) is 37.4 Å². The Morgan fingerprint density at radius 2 is 1.92 bits per heavy atom. The largest absolute Gasteiger partial charge is 0.508 e. The molecular weight excluding hydrogens is 492 g/mol. The second-order valence-electron chi connectivity index (χ2n) is 10.4. The highest BCUT2D eigenvalue weighted by atomic mass is 16.5. The molecule has 2 fully saturated rings. The first-order valence-corrected chi connectivity index (χ1v) is 13.6. The molecule has 202 valence electrons. The Balaban J connectivity index is 1.31. The third kappa shape index (κ3) is 5.08. The molecule has 0 radical (unpaired) electrons. The predicted molar refractivity (Wildman–Crippen MR) is 152 cm³/mol. The number of rotatable bonds is 6. The fourth-order valence-electron chi connectivity index (χ4n) is 5.81. The van der Waals surface area contributed by atoms with Gasteiger partial charge in [0.15, 0.2) is 0 Å². The van der Waals surface area contributed by atoms with E-state index >= 15 is 0 Å². The van der Waals surface area contributed by atoms with Crippen LogP contribution in [0.15, 0.2) is 61.3 Å². The minimum atomic E-state index is -0.0389. The van der Waals surface area contributed by atoms with Gasteiger partial charge in [0, 0.05) is 61.1 Å². The van der Waals surface area contributed by atoms with E-state index in [0.29, 0.717) is 45.3 Å². The van der Waals surface area contributed by atoms with Crippen molar-refractivity contribution in [3.63, 3.8) is 0 Å². The molecule has 3 aromatic rings. The lowest BCUT2D eigenvalue weighted by atomic mass is 10.0. The van der Waals surface area contributed by atoms with Gasteiger partial charge in [0.25, 0.3) is 0 Å². The Morgan fingerprint density at radius 3 is 2.69 bits per heavy atom. The first-order valence-electron chi connectivity index (χ1n) is 13.6. The molecule has 0 aliphatic carbocycles. The number of hydrogen-bond donors (Lipinski definition) is 2. The number of benzene rings is 2. The number of carbonyl (C=O) groups excluding carboxylic acids is 1. The van der Waals surface area contributed by atoms with Gasteiger partial charge < -0.3 is 29.9 Å². The number of anilines is 2. The molecule has 1 atom stereocenters. The number of amides is 1. The van der Waals surface area contributed by atoms with Gasteiger partial charge in [0.05, 0.1) is 18.3 Å². The maximum Gasteiger partial charge on any atom is 0.318 e. The first kappa shape index (κ1) is 25.0. The second-order valence-corrected chi connectivity index (χ2v) is 10.4. The molecule has 39 heavy (non-hydrogen) atoms. The van der Waals surface area contributed by atoms with Gasteiger partial charge in [-0.15, -0.1) is 0 Å². The molecule has 0 unspecified atom stereocenters. The Bertz CT molecular complexity index is 1430. The summed E-state index contributed by atoms with van der Waals surface area (Å²) in [5.41, 5.74) is 4.08. The summed E-state index contributed by atoms with van der Waals surface area (Å²) >= 11 is 0. The lowest BCUT2D eigenvalue weighted by Gasteiger charge is -2.38. The molecule has 2 saturated heterocycles. The van der Waals surface area contributed by atoms with Crippen molar-refractivity contribution in [3.05, 3.63) is 72.6 Å². The third-order valence-electron chi connectivity index (χ3n) is 7.87. The van der Waals surface area contributed by atoms with Crippen LogP contribution in [-0.2, 0) is 17.8 Å². The van der Waals surface area contributed by atoms with E-state index in [9.17, 15) is 9.90 Å². The third-order valence-corrected chi connectivity index (χ3v) is 7.87. The van der Waals surface area contributed by atoms with Crippen molar-refractivity contribution in [3.8, 4) is 11.8 Å². The summed E-state index contributed by atoms with van der Waals surface area (Å²) in [5.74, 6) is 1.10. The second kappa shape index (κ2) is 10.5. The van der Waals surface area contributed by atoms with Crippen LogP contribution in [0.1, 0.15) is 24.1 Å². The van der Waals surface area contributed by atoms with Gasteiger partial charge in [-0.05, 0) is 36.8 Å². The van der Waals surface area contributed by atoms with E-state index in [0.717, 1.165) is 65.0 Å². The van der Waals surface area contributed by atoms with Crippen molar-refractivity contribution in [1.82, 2.24) is 20.2 Å². The van der Waals surface area contributed by atoms with Crippen molar-refractivity contribution in [2.75, 3.05) is 49.1 Å². The molecule has 9 nitrogen and oxygen atoms in total. The smallest absolute Gasteiger partial charge is 0.318 e. The molecule has 0 spiro atoms. The van der Waals surface area contributed by atoms with E-state index in [1.807, 2.05) is 29.2 Å². The normalized spacial score (nSPS) is 19.1. The zero-order valence-electron chi connectivity index (χ0n) is 22.1. The van der Waals surface area contributed by atoms with Crippen LogP contribution in [0.25, 0.3) is 10.8 Å². The molecule has 2 aromatic carbocycles. The molecule has 1 aromatic heterocycles. The van der Waals surface area contributed by atoms with Crippen LogP contribution in [0.3, 0.4) is 0 Å². The average molecular weight is 527 g/mol. The number of nitrogens with one attached hydrogen (secondary N) is 1. The zero-order valence-corrected chi connectivity index (χ0v) is 22.1. The van der Waals surface area contributed by atoms with Crippen molar-refractivity contribution in [1.29, 1.82) is 0 Å². The quantitative estimate of drug-likeness (QED) is 0.473. The summed E-state index contributed by atoms with van der Waals surface area (Å²) in [6.45, 7) is 12.1. The number of ether oxygens (including phenoxy) is 1. The molecule has 3 aliphatic rings. The van der Waals surface area contributed by atoms with Gasteiger partial charge in [-0.3, -0.25) is 4.79 Å².